The van der Waals surface area contributed by atoms with Crippen LogP contribution in [0.5, 0.6) is 0 Å². The molecule has 0 saturated carbocycles. The lowest BCUT2D eigenvalue weighted by Crippen LogP contribution is -2.23. The Bertz CT molecular complexity index is 553. The lowest BCUT2D eigenvalue weighted by atomic mass is 10.00. The third kappa shape index (κ3) is 3.60. The van der Waals surface area contributed by atoms with Crippen molar-refractivity contribution in [2.45, 2.75) is 26.3 Å². The molecule has 2 rings (SSSR count). The fraction of sp³-hybridized carbons (Fsp3) is 0.333. The summed E-state index contributed by atoms with van der Waals surface area (Å²) in [4.78, 5) is 1.19. The van der Waals surface area contributed by atoms with Gasteiger partial charge in [-0.2, -0.15) is 0 Å². The molecule has 0 radical (unpaired) electrons. The van der Waals surface area contributed by atoms with Crippen LogP contribution in [0.3, 0.4) is 0 Å². The standard InChI is InChI=1S/C15H17BrClNS/c1-3-7-18-14(15-13(17)6-8-19-15)12-9-11(16)5-4-10(12)2/h4-6,8-9,14,18H,3,7H2,1-2H3. The smallest absolute Gasteiger partial charge is 0.0689 e. The molecular weight excluding hydrogens is 342 g/mol. The Balaban J connectivity index is 2.42. The summed E-state index contributed by atoms with van der Waals surface area (Å²) in [6.07, 6.45) is 1.10. The summed E-state index contributed by atoms with van der Waals surface area (Å²) in [7, 11) is 0. The molecule has 1 atom stereocenters. The minimum Gasteiger partial charge on any atom is -0.306 e. The predicted octanol–water partition coefficient (Wildman–Crippen LogP) is 5.56. The van der Waals surface area contributed by atoms with Crippen LogP contribution in [0.4, 0.5) is 0 Å². The summed E-state index contributed by atoms with van der Waals surface area (Å²) < 4.78 is 1.10. The van der Waals surface area contributed by atoms with Crippen molar-refractivity contribution in [1.82, 2.24) is 5.32 Å². The third-order valence-corrected chi connectivity index (χ3v) is 4.97. The van der Waals surface area contributed by atoms with E-state index in [-0.39, 0.29) is 6.04 Å². The van der Waals surface area contributed by atoms with Crippen LogP contribution in [-0.4, -0.2) is 6.54 Å². The van der Waals surface area contributed by atoms with Crippen molar-refractivity contribution < 1.29 is 0 Å². The van der Waals surface area contributed by atoms with Crippen molar-refractivity contribution in [3.63, 3.8) is 0 Å². The maximum atomic E-state index is 6.31. The number of benzene rings is 1. The van der Waals surface area contributed by atoms with E-state index in [1.54, 1.807) is 11.3 Å². The zero-order valence-electron chi connectivity index (χ0n) is 11.0. The monoisotopic (exact) mass is 357 g/mol. The number of hydrogen-bond donors (Lipinski definition) is 1. The maximum Gasteiger partial charge on any atom is 0.0689 e. The Morgan fingerprint density at radius 3 is 2.79 bits per heavy atom. The van der Waals surface area contributed by atoms with E-state index in [0.29, 0.717) is 0 Å². The van der Waals surface area contributed by atoms with Gasteiger partial charge in [0.15, 0.2) is 0 Å². The molecule has 2 aromatic rings. The molecule has 4 heteroatoms. The van der Waals surface area contributed by atoms with Gasteiger partial charge >= 0.3 is 0 Å². The minimum absolute atomic E-state index is 0.171. The van der Waals surface area contributed by atoms with Gasteiger partial charge in [-0.05, 0) is 54.6 Å². The lowest BCUT2D eigenvalue weighted by Gasteiger charge is -2.20. The molecule has 0 aliphatic carbocycles. The predicted molar refractivity (Wildman–Crippen MR) is 88.3 cm³/mol. The summed E-state index contributed by atoms with van der Waals surface area (Å²) >= 11 is 11.6. The van der Waals surface area contributed by atoms with Crippen LogP contribution in [0.15, 0.2) is 34.1 Å². The van der Waals surface area contributed by atoms with E-state index >= 15 is 0 Å². The number of thiophene rings is 1. The highest BCUT2D eigenvalue weighted by atomic mass is 79.9. The largest absolute Gasteiger partial charge is 0.306 e. The van der Waals surface area contributed by atoms with Gasteiger partial charge in [-0.25, -0.2) is 0 Å². The van der Waals surface area contributed by atoms with Gasteiger partial charge in [0.05, 0.1) is 11.1 Å². The molecule has 1 aromatic carbocycles. The van der Waals surface area contributed by atoms with Crippen molar-refractivity contribution in [3.8, 4) is 0 Å². The van der Waals surface area contributed by atoms with Crippen molar-refractivity contribution in [3.05, 3.63) is 55.1 Å². The molecule has 1 nitrogen and oxygen atoms in total. The second kappa shape index (κ2) is 6.89. The van der Waals surface area contributed by atoms with Crippen LogP contribution < -0.4 is 5.32 Å². The normalized spacial score (nSPS) is 12.6. The van der Waals surface area contributed by atoms with Crippen LogP contribution in [0.1, 0.15) is 35.4 Å². The highest BCUT2D eigenvalue weighted by Gasteiger charge is 2.19. The Morgan fingerprint density at radius 1 is 1.37 bits per heavy atom. The zero-order chi connectivity index (χ0) is 13.8. The molecular formula is C15H17BrClNS. The lowest BCUT2D eigenvalue weighted by molar-refractivity contribution is 0.603. The number of hydrogen-bond acceptors (Lipinski definition) is 2. The summed E-state index contributed by atoms with van der Waals surface area (Å²) in [5, 5.41) is 6.49. The SMILES string of the molecule is CCCNC(c1cc(Br)ccc1C)c1sccc1Cl. The molecule has 19 heavy (non-hydrogen) atoms. The first kappa shape index (κ1) is 15.0. The van der Waals surface area contributed by atoms with Crippen molar-refractivity contribution >= 4 is 38.9 Å². The van der Waals surface area contributed by atoms with Crippen molar-refractivity contribution in [2.75, 3.05) is 6.54 Å². The van der Waals surface area contributed by atoms with Gasteiger partial charge in [0.1, 0.15) is 0 Å². The first-order valence-electron chi connectivity index (χ1n) is 6.35. The number of rotatable bonds is 5. The van der Waals surface area contributed by atoms with Gasteiger partial charge in [0.25, 0.3) is 0 Å². The van der Waals surface area contributed by atoms with Crippen LogP contribution in [0, 0.1) is 6.92 Å². The zero-order valence-corrected chi connectivity index (χ0v) is 14.2. The van der Waals surface area contributed by atoms with Crippen LogP contribution >= 0.6 is 38.9 Å². The molecule has 0 amide bonds. The second-order valence-corrected chi connectivity index (χ2v) is 6.79. The molecule has 0 bridgehead atoms. The van der Waals surface area contributed by atoms with Gasteiger partial charge in [0, 0.05) is 9.35 Å². The van der Waals surface area contributed by atoms with E-state index in [9.17, 15) is 0 Å². The number of aryl methyl sites for hydroxylation is 1. The van der Waals surface area contributed by atoms with Gasteiger partial charge in [-0.15, -0.1) is 11.3 Å². The average Bonchev–Trinajstić information content (AvgIpc) is 2.80. The van der Waals surface area contributed by atoms with Crippen LogP contribution in [0.25, 0.3) is 0 Å². The molecule has 0 fully saturated rings. The minimum atomic E-state index is 0.171. The van der Waals surface area contributed by atoms with Crippen LogP contribution in [-0.2, 0) is 0 Å². The Hall–Kier alpha value is -0.350. The van der Waals surface area contributed by atoms with E-state index in [4.69, 9.17) is 11.6 Å². The van der Waals surface area contributed by atoms with E-state index in [1.807, 2.05) is 11.4 Å². The summed E-state index contributed by atoms with van der Waals surface area (Å²) in [5.74, 6) is 0. The fourth-order valence-electron chi connectivity index (χ4n) is 2.07. The maximum absolute atomic E-state index is 6.31. The van der Waals surface area contributed by atoms with Gasteiger partial charge in [0.2, 0.25) is 0 Å². The number of nitrogens with one attached hydrogen (secondary N) is 1. The van der Waals surface area contributed by atoms with Gasteiger partial charge < -0.3 is 5.32 Å². The summed E-state index contributed by atoms with van der Waals surface area (Å²) in [6.45, 7) is 5.29. The molecule has 0 spiro atoms. The van der Waals surface area contributed by atoms with E-state index in [2.05, 4.69) is 53.3 Å². The van der Waals surface area contributed by atoms with Gasteiger partial charge in [-0.1, -0.05) is 40.5 Å². The van der Waals surface area contributed by atoms with Crippen LogP contribution in [0.2, 0.25) is 5.02 Å². The molecule has 1 N–H and O–H groups in total. The highest BCUT2D eigenvalue weighted by molar-refractivity contribution is 9.10. The Morgan fingerprint density at radius 2 is 2.16 bits per heavy atom. The molecule has 102 valence electrons. The Kier molecular flexibility index (Phi) is 5.46. The van der Waals surface area contributed by atoms with Gasteiger partial charge in [-0.3, -0.25) is 0 Å². The topological polar surface area (TPSA) is 12.0 Å². The number of halogens is 2. The molecule has 1 aromatic heterocycles. The second-order valence-electron chi connectivity index (χ2n) is 4.52. The quantitative estimate of drug-likeness (QED) is 0.737. The Labute approximate surface area is 132 Å². The van der Waals surface area contributed by atoms with Crippen molar-refractivity contribution in [2.24, 2.45) is 0 Å². The van der Waals surface area contributed by atoms with E-state index in [1.165, 1.54) is 16.0 Å². The first-order chi connectivity index (χ1) is 9.13. The third-order valence-electron chi connectivity index (χ3n) is 3.06. The first-order valence-corrected chi connectivity index (χ1v) is 8.41. The summed E-state index contributed by atoms with van der Waals surface area (Å²) in [6, 6.07) is 8.53. The highest BCUT2D eigenvalue weighted by Crippen LogP contribution is 2.35. The molecule has 1 heterocycles. The molecule has 0 aliphatic heterocycles. The van der Waals surface area contributed by atoms with Crippen molar-refractivity contribution in [1.29, 1.82) is 0 Å². The summed E-state index contributed by atoms with van der Waals surface area (Å²) in [5.41, 5.74) is 2.56. The van der Waals surface area contributed by atoms with E-state index in [0.717, 1.165) is 22.5 Å². The molecule has 1 unspecified atom stereocenters. The average molecular weight is 359 g/mol. The molecule has 0 saturated heterocycles. The molecule has 0 aliphatic rings. The van der Waals surface area contributed by atoms with E-state index < -0.39 is 0 Å². The fourth-order valence-corrected chi connectivity index (χ4v) is 3.70.